The molecule has 3 heterocycles. The first kappa shape index (κ1) is 12.5. The van der Waals surface area contributed by atoms with Gasteiger partial charge in [-0.1, -0.05) is 17.7 Å². The molecule has 2 aromatic rings. The molecular formula is C13H10ClFN2O2. The zero-order valence-electron chi connectivity index (χ0n) is 9.85. The van der Waals surface area contributed by atoms with Crippen LogP contribution in [0.15, 0.2) is 30.6 Å². The highest BCUT2D eigenvalue weighted by atomic mass is 35.5. The lowest BCUT2D eigenvalue weighted by Gasteiger charge is -2.09. The third-order valence-corrected chi connectivity index (χ3v) is 2.98. The van der Waals surface area contributed by atoms with Crippen molar-refractivity contribution in [2.45, 2.75) is 6.29 Å². The quantitative estimate of drug-likeness (QED) is 0.793. The molecule has 4 nitrogen and oxygen atoms in total. The molecule has 0 aliphatic carbocycles. The summed E-state index contributed by atoms with van der Waals surface area (Å²) >= 11 is 5.61. The van der Waals surface area contributed by atoms with Gasteiger partial charge >= 0.3 is 0 Å². The van der Waals surface area contributed by atoms with Crippen molar-refractivity contribution < 1.29 is 13.9 Å². The van der Waals surface area contributed by atoms with E-state index in [0.717, 1.165) is 11.6 Å². The van der Waals surface area contributed by atoms with E-state index in [2.05, 4.69) is 9.97 Å². The van der Waals surface area contributed by atoms with E-state index in [4.69, 9.17) is 21.1 Å². The van der Waals surface area contributed by atoms with Crippen LogP contribution in [0.3, 0.4) is 0 Å². The molecule has 0 atom stereocenters. The molecule has 0 saturated carbocycles. The molecule has 0 N–H and O–H groups in total. The van der Waals surface area contributed by atoms with E-state index in [1.165, 1.54) is 6.20 Å². The lowest BCUT2D eigenvalue weighted by Crippen LogP contribution is -1.99. The number of ether oxygens (including phenoxy) is 2. The molecule has 1 aliphatic heterocycles. The Balaban J connectivity index is 1.89. The number of aromatic nitrogens is 2. The van der Waals surface area contributed by atoms with Crippen molar-refractivity contribution >= 4 is 11.6 Å². The SMILES string of the molecule is Fc1cc(Cl)ncc1-c1ccc(C2OCCO2)cn1. The van der Waals surface area contributed by atoms with Gasteiger partial charge in [0, 0.05) is 24.0 Å². The van der Waals surface area contributed by atoms with Crippen molar-refractivity contribution in [3.63, 3.8) is 0 Å². The Hall–Kier alpha value is -1.56. The molecule has 3 rings (SSSR count). The highest BCUT2D eigenvalue weighted by molar-refractivity contribution is 6.29. The second kappa shape index (κ2) is 5.21. The number of halogens is 2. The van der Waals surface area contributed by atoms with Crippen LogP contribution in [-0.2, 0) is 9.47 Å². The molecule has 0 spiro atoms. The maximum Gasteiger partial charge on any atom is 0.185 e. The molecule has 1 fully saturated rings. The topological polar surface area (TPSA) is 44.2 Å². The fraction of sp³-hybridized carbons (Fsp3) is 0.231. The summed E-state index contributed by atoms with van der Waals surface area (Å²) in [5.74, 6) is -0.450. The Morgan fingerprint density at radius 3 is 2.58 bits per heavy atom. The minimum atomic E-state index is -0.450. The molecule has 19 heavy (non-hydrogen) atoms. The number of pyridine rings is 2. The highest BCUT2D eigenvalue weighted by Gasteiger charge is 2.18. The fourth-order valence-electron chi connectivity index (χ4n) is 1.85. The van der Waals surface area contributed by atoms with Gasteiger partial charge in [-0.15, -0.1) is 0 Å². The first-order valence-electron chi connectivity index (χ1n) is 5.74. The van der Waals surface area contributed by atoms with E-state index in [9.17, 15) is 4.39 Å². The van der Waals surface area contributed by atoms with Crippen LogP contribution >= 0.6 is 11.6 Å². The Bertz CT molecular complexity index is 586. The van der Waals surface area contributed by atoms with Crippen LogP contribution in [0, 0.1) is 5.82 Å². The Labute approximate surface area is 114 Å². The van der Waals surface area contributed by atoms with E-state index in [0.29, 0.717) is 24.5 Å². The van der Waals surface area contributed by atoms with Crippen LogP contribution < -0.4 is 0 Å². The predicted molar refractivity (Wildman–Crippen MR) is 67.1 cm³/mol. The van der Waals surface area contributed by atoms with Gasteiger partial charge in [0.1, 0.15) is 11.0 Å². The van der Waals surface area contributed by atoms with Crippen molar-refractivity contribution in [2.24, 2.45) is 0 Å². The van der Waals surface area contributed by atoms with Gasteiger partial charge in [-0.25, -0.2) is 9.37 Å². The van der Waals surface area contributed by atoms with Crippen LogP contribution in [0.2, 0.25) is 5.15 Å². The van der Waals surface area contributed by atoms with Gasteiger partial charge in [-0.3, -0.25) is 4.98 Å². The summed E-state index contributed by atoms with van der Waals surface area (Å²) in [5.41, 5.74) is 1.61. The van der Waals surface area contributed by atoms with E-state index < -0.39 is 5.82 Å². The van der Waals surface area contributed by atoms with E-state index >= 15 is 0 Å². The van der Waals surface area contributed by atoms with Crippen molar-refractivity contribution in [1.82, 2.24) is 9.97 Å². The predicted octanol–water partition coefficient (Wildman–Crippen LogP) is 2.98. The molecule has 0 aromatic carbocycles. The second-order valence-corrected chi connectivity index (χ2v) is 4.42. The van der Waals surface area contributed by atoms with Gasteiger partial charge in [0.05, 0.1) is 24.5 Å². The van der Waals surface area contributed by atoms with Gasteiger partial charge in [0.25, 0.3) is 0 Å². The lowest BCUT2D eigenvalue weighted by atomic mass is 10.1. The average molecular weight is 281 g/mol. The molecule has 0 bridgehead atoms. The zero-order chi connectivity index (χ0) is 13.2. The summed E-state index contributed by atoms with van der Waals surface area (Å²) in [7, 11) is 0. The van der Waals surface area contributed by atoms with Crippen molar-refractivity contribution in [3.05, 3.63) is 47.1 Å². The highest BCUT2D eigenvalue weighted by Crippen LogP contribution is 2.26. The third kappa shape index (κ3) is 2.58. The van der Waals surface area contributed by atoms with Gasteiger partial charge in [0.2, 0.25) is 0 Å². The molecule has 6 heteroatoms. The Kier molecular flexibility index (Phi) is 3.42. The molecule has 1 aliphatic rings. The molecule has 2 aromatic heterocycles. The Morgan fingerprint density at radius 2 is 1.95 bits per heavy atom. The minimum Gasteiger partial charge on any atom is -0.346 e. The zero-order valence-corrected chi connectivity index (χ0v) is 10.6. The summed E-state index contributed by atoms with van der Waals surface area (Å²) in [4.78, 5) is 8.05. The number of hydrogen-bond donors (Lipinski definition) is 0. The number of rotatable bonds is 2. The standard InChI is InChI=1S/C13H10ClFN2O2/c14-12-5-10(15)9(7-17-12)11-2-1-8(6-16-11)13-18-3-4-19-13/h1-2,5-7,13H,3-4H2. The summed E-state index contributed by atoms with van der Waals surface area (Å²) in [6.07, 6.45) is 2.59. The van der Waals surface area contributed by atoms with Gasteiger partial charge in [0.15, 0.2) is 6.29 Å². The smallest absolute Gasteiger partial charge is 0.185 e. The second-order valence-electron chi connectivity index (χ2n) is 4.04. The maximum absolute atomic E-state index is 13.7. The normalized spacial score (nSPS) is 15.9. The largest absolute Gasteiger partial charge is 0.346 e. The van der Waals surface area contributed by atoms with Gasteiger partial charge < -0.3 is 9.47 Å². The van der Waals surface area contributed by atoms with Crippen molar-refractivity contribution in [1.29, 1.82) is 0 Å². The first-order valence-corrected chi connectivity index (χ1v) is 6.12. The van der Waals surface area contributed by atoms with Crippen LogP contribution in [0.4, 0.5) is 4.39 Å². The van der Waals surface area contributed by atoms with Crippen LogP contribution in [0.1, 0.15) is 11.9 Å². The lowest BCUT2D eigenvalue weighted by molar-refractivity contribution is -0.0443. The third-order valence-electron chi connectivity index (χ3n) is 2.78. The van der Waals surface area contributed by atoms with Crippen LogP contribution in [0.5, 0.6) is 0 Å². The van der Waals surface area contributed by atoms with E-state index in [-0.39, 0.29) is 11.4 Å². The van der Waals surface area contributed by atoms with Crippen LogP contribution in [-0.4, -0.2) is 23.2 Å². The Morgan fingerprint density at radius 1 is 1.16 bits per heavy atom. The first-order chi connectivity index (χ1) is 9.24. The molecular weight excluding hydrogens is 271 g/mol. The summed E-state index contributed by atoms with van der Waals surface area (Å²) in [6.45, 7) is 1.14. The monoisotopic (exact) mass is 280 g/mol. The molecule has 98 valence electrons. The average Bonchev–Trinajstić information content (AvgIpc) is 2.93. The number of nitrogens with zero attached hydrogens (tertiary/aromatic N) is 2. The summed E-state index contributed by atoms with van der Waals surface area (Å²) < 4.78 is 24.4. The van der Waals surface area contributed by atoms with Gasteiger partial charge in [-0.05, 0) is 6.07 Å². The summed E-state index contributed by atoms with van der Waals surface area (Å²) in [5, 5.41) is 0.116. The number of hydrogen-bond acceptors (Lipinski definition) is 4. The minimum absolute atomic E-state index is 0.116. The van der Waals surface area contributed by atoms with E-state index in [1.54, 1.807) is 18.3 Å². The van der Waals surface area contributed by atoms with Crippen molar-refractivity contribution in [2.75, 3.05) is 13.2 Å². The van der Waals surface area contributed by atoms with Crippen LogP contribution in [0.25, 0.3) is 11.3 Å². The molecule has 0 unspecified atom stereocenters. The molecule has 0 amide bonds. The molecule has 1 saturated heterocycles. The molecule has 0 radical (unpaired) electrons. The van der Waals surface area contributed by atoms with Gasteiger partial charge in [-0.2, -0.15) is 0 Å². The summed E-state index contributed by atoms with van der Waals surface area (Å²) in [6, 6.07) is 4.66. The van der Waals surface area contributed by atoms with Crippen molar-refractivity contribution in [3.8, 4) is 11.3 Å². The van der Waals surface area contributed by atoms with E-state index in [1.807, 2.05) is 0 Å². The maximum atomic E-state index is 13.7. The fourth-order valence-corrected chi connectivity index (χ4v) is 2.00.